The summed E-state index contributed by atoms with van der Waals surface area (Å²) in [5, 5.41) is 6.42. The fraction of sp³-hybridized carbons (Fsp3) is 0.300. The van der Waals surface area contributed by atoms with E-state index in [0.29, 0.717) is 28.9 Å². The first kappa shape index (κ1) is 12.4. The minimum atomic E-state index is -0.288. The number of hydrogen-bond donors (Lipinski definition) is 1. The largest absolute Gasteiger partial charge is 0.478 e. The van der Waals surface area contributed by atoms with Gasteiger partial charge in [0.1, 0.15) is 17.0 Å². The van der Waals surface area contributed by atoms with Gasteiger partial charge in [0.15, 0.2) is 0 Å². The average molecular weight is 265 g/mol. The van der Waals surface area contributed by atoms with Crippen LogP contribution in [-0.2, 0) is 0 Å². The Hall–Kier alpha value is -2.09. The molecule has 0 radical (unpaired) electrons. The molecule has 18 heavy (non-hydrogen) atoms. The number of aryl methyl sites for hydroxylation is 1. The summed E-state index contributed by atoms with van der Waals surface area (Å²) in [6.07, 6.45) is 1.33. The van der Waals surface area contributed by atoms with Crippen LogP contribution in [0.3, 0.4) is 0 Å². The van der Waals surface area contributed by atoms with Gasteiger partial charge in [-0.1, -0.05) is 4.49 Å². The third-order valence-corrected chi connectivity index (χ3v) is 2.86. The molecule has 7 nitrogen and oxygen atoms in total. The summed E-state index contributed by atoms with van der Waals surface area (Å²) >= 11 is 1.04. The Balaban J connectivity index is 2.12. The molecule has 0 saturated carbocycles. The van der Waals surface area contributed by atoms with Crippen molar-refractivity contribution in [2.24, 2.45) is 0 Å². The maximum Gasteiger partial charge on any atom is 0.270 e. The molecule has 8 heteroatoms. The van der Waals surface area contributed by atoms with Crippen molar-refractivity contribution in [2.45, 2.75) is 13.8 Å². The van der Waals surface area contributed by atoms with Crippen LogP contribution in [0, 0.1) is 6.92 Å². The zero-order chi connectivity index (χ0) is 13.0. The van der Waals surface area contributed by atoms with Gasteiger partial charge in [-0.25, -0.2) is 9.97 Å². The number of anilines is 1. The van der Waals surface area contributed by atoms with Crippen LogP contribution in [0.5, 0.6) is 5.88 Å². The van der Waals surface area contributed by atoms with Crippen molar-refractivity contribution in [1.29, 1.82) is 0 Å². The van der Waals surface area contributed by atoms with Crippen LogP contribution in [-0.4, -0.2) is 32.1 Å². The second-order valence-corrected chi connectivity index (χ2v) is 4.07. The van der Waals surface area contributed by atoms with E-state index in [4.69, 9.17) is 4.74 Å². The van der Waals surface area contributed by atoms with Gasteiger partial charge < -0.3 is 10.1 Å². The zero-order valence-corrected chi connectivity index (χ0v) is 10.7. The van der Waals surface area contributed by atoms with E-state index in [1.54, 1.807) is 13.0 Å². The van der Waals surface area contributed by atoms with Crippen LogP contribution in [0.2, 0.25) is 0 Å². The highest BCUT2D eigenvalue weighted by atomic mass is 32.1. The Morgan fingerprint density at radius 1 is 1.50 bits per heavy atom. The van der Waals surface area contributed by atoms with E-state index in [9.17, 15) is 4.79 Å². The smallest absolute Gasteiger partial charge is 0.270 e. The van der Waals surface area contributed by atoms with Gasteiger partial charge in [0.25, 0.3) is 5.91 Å². The summed E-state index contributed by atoms with van der Waals surface area (Å²) in [4.78, 5) is 20.2. The van der Waals surface area contributed by atoms with Crippen LogP contribution in [0.4, 0.5) is 5.82 Å². The molecule has 0 spiro atoms. The number of nitrogens with zero attached hydrogens (tertiary/aromatic N) is 4. The van der Waals surface area contributed by atoms with Gasteiger partial charge in [-0.05, 0) is 25.4 Å². The first-order valence-corrected chi connectivity index (χ1v) is 6.03. The van der Waals surface area contributed by atoms with Crippen molar-refractivity contribution in [2.75, 3.05) is 11.9 Å². The van der Waals surface area contributed by atoms with Crippen molar-refractivity contribution in [3.63, 3.8) is 0 Å². The SMILES string of the molecule is CCOc1cc(NC(=O)c2snnc2C)ncn1. The van der Waals surface area contributed by atoms with Crippen molar-refractivity contribution in [3.05, 3.63) is 23.0 Å². The van der Waals surface area contributed by atoms with E-state index < -0.39 is 0 Å². The molecule has 94 valence electrons. The zero-order valence-electron chi connectivity index (χ0n) is 9.88. The minimum Gasteiger partial charge on any atom is -0.478 e. The van der Waals surface area contributed by atoms with Gasteiger partial charge >= 0.3 is 0 Å². The first-order chi connectivity index (χ1) is 8.70. The van der Waals surface area contributed by atoms with Gasteiger partial charge in [0.05, 0.1) is 12.3 Å². The van der Waals surface area contributed by atoms with E-state index in [1.165, 1.54) is 6.33 Å². The number of aromatic nitrogens is 4. The molecule has 1 amide bonds. The summed E-state index contributed by atoms with van der Waals surface area (Å²) in [6, 6.07) is 1.56. The molecule has 2 heterocycles. The second-order valence-electron chi connectivity index (χ2n) is 3.32. The quantitative estimate of drug-likeness (QED) is 0.895. The molecule has 0 fully saturated rings. The first-order valence-electron chi connectivity index (χ1n) is 5.26. The van der Waals surface area contributed by atoms with Crippen molar-refractivity contribution in [3.8, 4) is 5.88 Å². The average Bonchev–Trinajstić information content (AvgIpc) is 2.76. The molecule has 0 atom stereocenters. The van der Waals surface area contributed by atoms with E-state index in [2.05, 4.69) is 24.9 Å². The van der Waals surface area contributed by atoms with Gasteiger partial charge in [0, 0.05) is 6.07 Å². The van der Waals surface area contributed by atoms with Crippen molar-refractivity contribution >= 4 is 23.3 Å². The monoisotopic (exact) mass is 265 g/mol. The Labute approximate surface area is 107 Å². The number of nitrogens with one attached hydrogen (secondary N) is 1. The van der Waals surface area contributed by atoms with Crippen LogP contribution in [0.1, 0.15) is 22.3 Å². The number of ether oxygens (including phenoxy) is 1. The molecule has 2 aromatic rings. The van der Waals surface area contributed by atoms with Crippen molar-refractivity contribution in [1.82, 2.24) is 19.6 Å². The second kappa shape index (κ2) is 5.50. The van der Waals surface area contributed by atoms with E-state index in [0.717, 1.165) is 11.5 Å². The maximum atomic E-state index is 11.9. The predicted octanol–water partition coefficient (Wildman–Crippen LogP) is 1.29. The summed E-state index contributed by atoms with van der Waals surface area (Å²) in [7, 11) is 0. The summed E-state index contributed by atoms with van der Waals surface area (Å²) < 4.78 is 8.92. The molecule has 2 aromatic heterocycles. The van der Waals surface area contributed by atoms with E-state index >= 15 is 0 Å². The molecule has 1 N–H and O–H groups in total. The third kappa shape index (κ3) is 2.77. The normalized spacial score (nSPS) is 10.1. The van der Waals surface area contributed by atoms with Gasteiger partial charge in [-0.15, -0.1) is 5.10 Å². The molecular formula is C10H11N5O2S. The number of rotatable bonds is 4. The highest BCUT2D eigenvalue weighted by Gasteiger charge is 2.14. The topological polar surface area (TPSA) is 89.9 Å². The molecular weight excluding hydrogens is 254 g/mol. The number of amides is 1. The van der Waals surface area contributed by atoms with Gasteiger partial charge in [-0.2, -0.15) is 0 Å². The highest BCUT2D eigenvalue weighted by molar-refractivity contribution is 7.08. The Morgan fingerprint density at radius 3 is 3.00 bits per heavy atom. The van der Waals surface area contributed by atoms with Gasteiger partial charge in [0.2, 0.25) is 5.88 Å². The molecule has 0 aliphatic rings. The number of carbonyl (C=O) groups is 1. The Bertz CT molecular complexity index is 557. The lowest BCUT2D eigenvalue weighted by Crippen LogP contribution is -2.13. The molecule has 0 aliphatic heterocycles. The predicted molar refractivity (Wildman–Crippen MR) is 65.8 cm³/mol. The minimum absolute atomic E-state index is 0.288. The third-order valence-electron chi connectivity index (χ3n) is 2.03. The summed E-state index contributed by atoms with van der Waals surface area (Å²) in [5.74, 6) is 0.511. The van der Waals surface area contributed by atoms with Crippen molar-refractivity contribution < 1.29 is 9.53 Å². The fourth-order valence-electron chi connectivity index (χ4n) is 1.25. The molecule has 0 saturated heterocycles. The van der Waals surface area contributed by atoms with Crippen LogP contribution in [0.25, 0.3) is 0 Å². The highest BCUT2D eigenvalue weighted by Crippen LogP contribution is 2.14. The van der Waals surface area contributed by atoms with Crippen LogP contribution in [0.15, 0.2) is 12.4 Å². The number of carbonyl (C=O) groups excluding carboxylic acids is 1. The fourth-order valence-corrected chi connectivity index (χ4v) is 1.80. The van der Waals surface area contributed by atoms with Gasteiger partial charge in [-0.3, -0.25) is 4.79 Å². The Kier molecular flexibility index (Phi) is 3.78. The summed E-state index contributed by atoms with van der Waals surface area (Å²) in [6.45, 7) is 4.08. The number of hydrogen-bond acceptors (Lipinski definition) is 7. The standard InChI is InChI=1S/C10H11N5O2S/c1-3-17-8-4-7(11-5-12-8)13-10(16)9-6(2)14-15-18-9/h4-5H,3H2,1-2H3,(H,11,12,13,16). The Morgan fingerprint density at radius 2 is 2.33 bits per heavy atom. The maximum absolute atomic E-state index is 11.9. The molecule has 0 aromatic carbocycles. The molecule has 0 aliphatic carbocycles. The molecule has 0 unspecified atom stereocenters. The lowest BCUT2D eigenvalue weighted by atomic mass is 10.4. The van der Waals surface area contributed by atoms with Crippen LogP contribution < -0.4 is 10.1 Å². The molecule has 2 rings (SSSR count). The van der Waals surface area contributed by atoms with Crippen LogP contribution >= 0.6 is 11.5 Å². The lowest BCUT2D eigenvalue weighted by Gasteiger charge is -2.05. The summed E-state index contributed by atoms with van der Waals surface area (Å²) in [5.41, 5.74) is 0.594. The lowest BCUT2D eigenvalue weighted by molar-refractivity contribution is 0.102. The van der Waals surface area contributed by atoms with E-state index in [-0.39, 0.29) is 5.91 Å². The van der Waals surface area contributed by atoms with E-state index in [1.807, 2.05) is 6.92 Å². The molecule has 0 bridgehead atoms.